The Hall–Kier alpha value is -3.41. The number of carbonyl (C=O) groups excluding carboxylic acids is 2. The van der Waals surface area contributed by atoms with Crippen LogP contribution in [-0.2, 0) is 19.5 Å². The Morgan fingerprint density at radius 1 is 1.12 bits per heavy atom. The Labute approximate surface area is 194 Å². The van der Waals surface area contributed by atoms with E-state index in [0.717, 1.165) is 34.5 Å². The molecular formula is C27H30N4O2. The van der Waals surface area contributed by atoms with Crippen LogP contribution in [-0.4, -0.2) is 39.6 Å². The van der Waals surface area contributed by atoms with E-state index in [-0.39, 0.29) is 11.8 Å². The van der Waals surface area contributed by atoms with Crippen molar-refractivity contribution in [2.75, 3.05) is 13.1 Å². The van der Waals surface area contributed by atoms with Gasteiger partial charge in [0.1, 0.15) is 0 Å². The molecule has 1 fully saturated rings. The highest BCUT2D eigenvalue weighted by Gasteiger charge is 2.33. The Kier molecular flexibility index (Phi) is 5.75. The summed E-state index contributed by atoms with van der Waals surface area (Å²) < 4.78 is 2.03. The Morgan fingerprint density at radius 2 is 1.94 bits per heavy atom. The first-order chi connectivity index (χ1) is 16.0. The van der Waals surface area contributed by atoms with Gasteiger partial charge in [-0.2, -0.15) is 5.10 Å². The normalized spacial score (nSPS) is 15.3. The summed E-state index contributed by atoms with van der Waals surface area (Å²) in [5.41, 5.74) is 6.30. The van der Waals surface area contributed by atoms with Crippen LogP contribution in [0.1, 0.15) is 57.4 Å². The fourth-order valence-corrected chi connectivity index (χ4v) is 4.69. The van der Waals surface area contributed by atoms with Gasteiger partial charge in [0.05, 0.1) is 6.54 Å². The second-order valence-corrected chi connectivity index (χ2v) is 9.15. The zero-order chi connectivity index (χ0) is 22.9. The number of aromatic nitrogens is 2. The summed E-state index contributed by atoms with van der Waals surface area (Å²) in [6.07, 6.45) is 3.17. The van der Waals surface area contributed by atoms with Crippen molar-refractivity contribution < 1.29 is 9.59 Å². The van der Waals surface area contributed by atoms with Gasteiger partial charge in [-0.25, -0.2) is 0 Å². The number of benzene rings is 2. The van der Waals surface area contributed by atoms with Gasteiger partial charge in [-0.3, -0.25) is 14.3 Å². The first-order valence-corrected chi connectivity index (χ1v) is 11.9. The van der Waals surface area contributed by atoms with Crippen LogP contribution in [0.5, 0.6) is 0 Å². The highest BCUT2D eigenvalue weighted by Crippen LogP contribution is 2.33. The predicted molar refractivity (Wildman–Crippen MR) is 128 cm³/mol. The van der Waals surface area contributed by atoms with Crippen LogP contribution in [0.25, 0.3) is 11.1 Å². The largest absolute Gasteiger partial charge is 0.351 e. The number of rotatable bonds is 6. The maximum atomic E-state index is 13.7. The average Bonchev–Trinajstić information content (AvgIpc) is 3.58. The zero-order valence-corrected chi connectivity index (χ0v) is 19.3. The summed E-state index contributed by atoms with van der Waals surface area (Å²) in [6, 6.07) is 16.0. The molecule has 1 saturated carbocycles. The Bertz CT molecular complexity index is 1210. The van der Waals surface area contributed by atoms with Crippen LogP contribution in [0.2, 0.25) is 0 Å². The van der Waals surface area contributed by atoms with Crippen LogP contribution in [0.3, 0.4) is 0 Å². The minimum atomic E-state index is -0.155. The van der Waals surface area contributed by atoms with Crippen molar-refractivity contribution in [2.24, 2.45) is 5.92 Å². The number of hydrogen-bond donors (Lipinski definition) is 1. The monoisotopic (exact) mass is 442 g/mol. The van der Waals surface area contributed by atoms with Crippen molar-refractivity contribution in [1.82, 2.24) is 20.0 Å². The van der Waals surface area contributed by atoms with Crippen molar-refractivity contribution >= 4 is 11.8 Å². The van der Waals surface area contributed by atoms with E-state index in [0.29, 0.717) is 43.2 Å². The third kappa shape index (κ3) is 4.30. The second-order valence-electron chi connectivity index (χ2n) is 9.15. The molecule has 5 rings (SSSR count). The molecule has 6 heteroatoms. The Morgan fingerprint density at radius 3 is 2.70 bits per heavy atom. The van der Waals surface area contributed by atoms with E-state index >= 15 is 0 Å². The van der Waals surface area contributed by atoms with Gasteiger partial charge in [0.25, 0.3) is 11.8 Å². The van der Waals surface area contributed by atoms with Crippen LogP contribution in [0.4, 0.5) is 0 Å². The number of carbonyl (C=O) groups is 2. The minimum Gasteiger partial charge on any atom is -0.351 e. The van der Waals surface area contributed by atoms with Crippen molar-refractivity contribution in [1.29, 1.82) is 0 Å². The van der Waals surface area contributed by atoms with E-state index in [9.17, 15) is 9.59 Å². The number of hydrogen-bond acceptors (Lipinski definition) is 3. The SMILES string of the molecule is CCNC(=O)c1nn(CC2CC2)c2c1CN(C(=O)c1ccccc1-c1cccc(C)c1)CC2. The molecule has 0 bridgehead atoms. The molecule has 2 heterocycles. The maximum Gasteiger partial charge on any atom is 0.272 e. The lowest BCUT2D eigenvalue weighted by molar-refractivity contribution is 0.0731. The standard InChI is InChI=1S/C27H30N4O2/c1-3-28-26(32)25-23-17-30(14-13-24(23)31(29-25)16-19-11-12-19)27(33)22-10-5-4-9-21(22)20-8-6-7-18(2)15-20/h4-10,15,19H,3,11-14,16-17H2,1-2H3,(H,28,32). The molecule has 3 aromatic rings. The van der Waals surface area contributed by atoms with Gasteiger partial charge in [0.2, 0.25) is 0 Å². The minimum absolute atomic E-state index is 0.00505. The van der Waals surface area contributed by atoms with E-state index in [1.165, 1.54) is 12.8 Å². The van der Waals surface area contributed by atoms with E-state index in [2.05, 4.69) is 24.4 Å². The van der Waals surface area contributed by atoms with Gasteiger partial charge < -0.3 is 10.2 Å². The van der Waals surface area contributed by atoms with Gasteiger partial charge in [-0.1, -0.05) is 48.0 Å². The van der Waals surface area contributed by atoms with Crippen molar-refractivity contribution in [3.8, 4) is 11.1 Å². The second kappa shape index (κ2) is 8.85. The smallest absolute Gasteiger partial charge is 0.272 e. The number of nitrogens with zero attached hydrogens (tertiary/aromatic N) is 3. The topological polar surface area (TPSA) is 67.2 Å². The molecule has 0 unspecified atom stereocenters. The van der Waals surface area contributed by atoms with Crippen molar-refractivity contribution in [3.63, 3.8) is 0 Å². The van der Waals surface area contributed by atoms with Gasteiger partial charge in [0, 0.05) is 42.9 Å². The van der Waals surface area contributed by atoms with Crippen molar-refractivity contribution in [2.45, 2.75) is 46.2 Å². The molecule has 2 aliphatic rings. The first-order valence-electron chi connectivity index (χ1n) is 11.9. The Balaban J connectivity index is 1.46. The molecule has 1 aromatic heterocycles. The lowest BCUT2D eigenvalue weighted by Gasteiger charge is -2.28. The molecule has 1 aliphatic carbocycles. The molecule has 2 aromatic carbocycles. The van der Waals surface area contributed by atoms with Crippen LogP contribution < -0.4 is 5.32 Å². The van der Waals surface area contributed by atoms with Gasteiger partial charge >= 0.3 is 0 Å². The molecule has 0 saturated heterocycles. The quantitative estimate of drug-likeness (QED) is 0.622. The maximum absolute atomic E-state index is 13.7. The number of nitrogens with one attached hydrogen (secondary N) is 1. The van der Waals surface area contributed by atoms with Crippen LogP contribution in [0.15, 0.2) is 48.5 Å². The fourth-order valence-electron chi connectivity index (χ4n) is 4.69. The van der Waals surface area contributed by atoms with Gasteiger partial charge in [-0.05, 0) is 49.8 Å². The molecular weight excluding hydrogens is 412 g/mol. The third-order valence-electron chi connectivity index (χ3n) is 6.59. The summed E-state index contributed by atoms with van der Waals surface area (Å²) in [6.45, 7) is 6.42. The predicted octanol–water partition coefficient (Wildman–Crippen LogP) is 4.22. The molecule has 0 radical (unpaired) electrons. The highest BCUT2D eigenvalue weighted by atomic mass is 16.2. The summed E-state index contributed by atoms with van der Waals surface area (Å²) >= 11 is 0. The molecule has 0 atom stereocenters. The van der Waals surface area contributed by atoms with Gasteiger partial charge in [0.15, 0.2) is 5.69 Å². The fraction of sp³-hybridized carbons (Fsp3) is 0.370. The van der Waals surface area contributed by atoms with Gasteiger partial charge in [-0.15, -0.1) is 0 Å². The zero-order valence-electron chi connectivity index (χ0n) is 19.3. The summed E-state index contributed by atoms with van der Waals surface area (Å²) in [5.74, 6) is 0.504. The van der Waals surface area contributed by atoms with E-state index in [1.54, 1.807) is 0 Å². The summed E-state index contributed by atoms with van der Waals surface area (Å²) in [5, 5.41) is 7.59. The molecule has 33 heavy (non-hydrogen) atoms. The highest BCUT2D eigenvalue weighted by molar-refractivity contribution is 6.01. The van der Waals surface area contributed by atoms with E-state index in [4.69, 9.17) is 5.10 Å². The van der Waals surface area contributed by atoms with E-state index < -0.39 is 0 Å². The number of fused-ring (bicyclic) bond motifs is 1. The lowest BCUT2D eigenvalue weighted by Crippen LogP contribution is -2.37. The van der Waals surface area contributed by atoms with Crippen LogP contribution in [0, 0.1) is 12.8 Å². The summed E-state index contributed by atoms with van der Waals surface area (Å²) in [4.78, 5) is 28.3. The molecule has 1 N–H and O–H groups in total. The van der Waals surface area contributed by atoms with E-state index in [1.807, 2.05) is 52.9 Å². The first kappa shape index (κ1) is 21.4. The molecule has 2 amide bonds. The molecule has 6 nitrogen and oxygen atoms in total. The lowest BCUT2D eigenvalue weighted by atomic mass is 9.96. The number of amides is 2. The molecule has 170 valence electrons. The molecule has 1 aliphatic heterocycles. The number of aryl methyl sites for hydroxylation is 1. The molecule has 0 spiro atoms. The van der Waals surface area contributed by atoms with Crippen molar-refractivity contribution in [3.05, 3.63) is 76.6 Å². The third-order valence-corrected chi connectivity index (χ3v) is 6.59. The summed E-state index contributed by atoms with van der Waals surface area (Å²) in [7, 11) is 0. The van der Waals surface area contributed by atoms with Crippen LogP contribution >= 0.6 is 0 Å². The average molecular weight is 443 g/mol.